The van der Waals surface area contributed by atoms with E-state index in [1.165, 1.54) is 0 Å². The Labute approximate surface area is 208 Å². The van der Waals surface area contributed by atoms with Crippen LogP contribution in [0.4, 0.5) is 0 Å². The highest BCUT2D eigenvalue weighted by atomic mass is 127. The lowest BCUT2D eigenvalue weighted by atomic mass is 10.1. The quantitative estimate of drug-likeness (QED) is 0.305. The maximum absolute atomic E-state index is 5.53. The molecule has 0 radical (unpaired) electrons. The van der Waals surface area contributed by atoms with Gasteiger partial charge in [-0.3, -0.25) is 4.90 Å². The zero-order valence-electron chi connectivity index (χ0n) is 19.3. The van der Waals surface area contributed by atoms with Gasteiger partial charge in [-0.1, -0.05) is 6.07 Å². The molecule has 1 aliphatic heterocycles. The van der Waals surface area contributed by atoms with Gasteiger partial charge in [0.15, 0.2) is 5.96 Å². The summed E-state index contributed by atoms with van der Waals surface area (Å²) in [7, 11) is 5.02. The van der Waals surface area contributed by atoms with Gasteiger partial charge in [0.1, 0.15) is 11.5 Å². The Balaban J connectivity index is 0.00000363. The van der Waals surface area contributed by atoms with Crippen LogP contribution in [0.25, 0.3) is 0 Å². The average molecular weight is 555 g/mol. The fraction of sp³-hybridized carbons (Fsp3) is 0.478. The van der Waals surface area contributed by atoms with E-state index in [-0.39, 0.29) is 24.0 Å². The van der Waals surface area contributed by atoms with Crippen LogP contribution in [0.3, 0.4) is 0 Å². The van der Waals surface area contributed by atoms with Crippen LogP contribution in [0.1, 0.15) is 18.1 Å². The van der Waals surface area contributed by atoms with E-state index in [2.05, 4.69) is 33.1 Å². The second kappa shape index (κ2) is 13.3. The Morgan fingerprint density at radius 3 is 2.41 bits per heavy atom. The van der Waals surface area contributed by atoms with E-state index in [9.17, 15) is 0 Å². The van der Waals surface area contributed by atoms with E-state index in [1.807, 2.05) is 30.5 Å². The zero-order chi connectivity index (χ0) is 22.1. The standard InChI is InChI=1S/C23H33N5O3.HI/c1-5-24-23(26-16-18-6-9-22(31-4)25-15-18)28-12-10-27(11-13-28)17-19-14-20(29-2)7-8-21(19)30-3;/h6-9,14-15H,5,10-13,16-17H2,1-4H3,(H,24,26);1H. The summed E-state index contributed by atoms with van der Waals surface area (Å²) < 4.78 is 16.0. The van der Waals surface area contributed by atoms with Crippen LogP contribution in [0.15, 0.2) is 41.5 Å². The molecule has 1 aliphatic rings. The van der Waals surface area contributed by atoms with Gasteiger partial charge in [-0.25, -0.2) is 9.98 Å². The van der Waals surface area contributed by atoms with Crippen molar-refractivity contribution < 1.29 is 14.2 Å². The van der Waals surface area contributed by atoms with Gasteiger partial charge in [-0.05, 0) is 30.7 Å². The fourth-order valence-electron chi connectivity index (χ4n) is 3.58. The number of nitrogens with zero attached hydrogens (tertiary/aromatic N) is 4. The highest BCUT2D eigenvalue weighted by Gasteiger charge is 2.21. The molecule has 8 nitrogen and oxygen atoms in total. The van der Waals surface area contributed by atoms with Crippen molar-refractivity contribution in [3.63, 3.8) is 0 Å². The Hall–Kier alpha value is -2.27. The lowest BCUT2D eigenvalue weighted by Gasteiger charge is -2.36. The molecule has 1 N–H and O–H groups in total. The normalized spacial score (nSPS) is 14.5. The number of aromatic nitrogens is 1. The van der Waals surface area contributed by atoms with Crippen LogP contribution in [-0.2, 0) is 13.1 Å². The predicted octanol–water partition coefficient (Wildman–Crippen LogP) is 3.01. The summed E-state index contributed by atoms with van der Waals surface area (Å²) in [6.07, 6.45) is 1.81. The van der Waals surface area contributed by atoms with Gasteiger partial charge in [0.2, 0.25) is 5.88 Å². The lowest BCUT2D eigenvalue weighted by molar-refractivity contribution is 0.171. The summed E-state index contributed by atoms with van der Waals surface area (Å²) in [5.74, 6) is 3.30. The molecule has 0 unspecified atom stereocenters. The van der Waals surface area contributed by atoms with Gasteiger partial charge in [-0.15, -0.1) is 24.0 Å². The average Bonchev–Trinajstić information content (AvgIpc) is 2.82. The minimum absolute atomic E-state index is 0. The summed E-state index contributed by atoms with van der Waals surface area (Å²) in [6.45, 7) is 8.08. The topological polar surface area (TPSA) is 71.5 Å². The summed E-state index contributed by atoms with van der Waals surface area (Å²) in [6, 6.07) is 9.81. The summed E-state index contributed by atoms with van der Waals surface area (Å²) >= 11 is 0. The molecule has 2 aromatic rings. The molecule has 9 heteroatoms. The number of rotatable bonds is 8. The molecule has 0 aliphatic carbocycles. The number of guanidine groups is 1. The minimum Gasteiger partial charge on any atom is -0.497 e. The highest BCUT2D eigenvalue weighted by Crippen LogP contribution is 2.25. The van der Waals surface area contributed by atoms with Crippen molar-refractivity contribution >= 4 is 29.9 Å². The number of hydrogen-bond acceptors (Lipinski definition) is 6. The van der Waals surface area contributed by atoms with Crippen LogP contribution in [0, 0.1) is 0 Å². The third-order valence-corrected chi connectivity index (χ3v) is 5.31. The number of aliphatic imine (C=N–C) groups is 1. The Morgan fingerprint density at radius 1 is 1.03 bits per heavy atom. The van der Waals surface area contributed by atoms with Crippen LogP contribution >= 0.6 is 24.0 Å². The highest BCUT2D eigenvalue weighted by molar-refractivity contribution is 14.0. The molecular formula is C23H34IN5O3. The van der Waals surface area contributed by atoms with E-state index in [1.54, 1.807) is 21.3 Å². The number of hydrogen-bond donors (Lipinski definition) is 1. The Morgan fingerprint density at radius 2 is 1.81 bits per heavy atom. The van der Waals surface area contributed by atoms with Crippen molar-refractivity contribution in [2.45, 2.75) is 20.0 Å². The van der Waals surface area contributed by atoms with Gasteiger partial charge in [0, 0.05) is 57.1 Å². The van der Waals surface area contributed by atoms with E-state index >= 15 is 0 Å². The maximum atomic E-state index is 5.53. The van der Waals surface area contributed by atoms with E-state index in [0.717, 1.165) is 67.9 Å². The number of nitrogens with one attached hydrogen (secondary N) is 1. The molecule has 1 aromatic heterocycles. The van der Waals surface area contributed by atoms with Crippen molar-refractivity contribution in [1.29, 1.82) is 0 Å². The molecule has 3 rings (SSSR count). The number of methoxy groups -OCH3 is 3. The largest absolute Gasteiger partial charge is 0.497 e. The second-order valence-corrected chi connectivity index (χ2v) is 7.32. The van der Waals surface area contributed by atoms with Crippen molar-refractivity contribution in [2.24, 2.45) is 4.99 Å². The van der Waals surface area contributed by atoms with E-state index < -0.39 is 0 Å². The number of ether oxygens (including phenoxy) is 3. The molecule has 0 saturated carbocycles. The van der Waals surface area contributed by atoms with Gasteiger partial charge in [-0.2, -0.15) is 0 Å². The summed E-state index contributed by atoms with van der Waals surface area (Å²) in [5.41, 5.74) is 2.20. The summed E-state index contributed by atoms with van der Waals surface area (Å²) in [4.78, 5) is 13.8. The first kappa shape index (κ1) is 26.0. The molecule has 0 bridgehead atoms. The fourth-order valence-corrected chi connectivity index (χ4v) is 3.58. The number of pyridine rings is 1. The van der Waals surface area contributed by atoms with Crippen LogP contribution in [0.2, 0.25) is 0 Å². The first-order chi connectivity index (χ1) is 15.2. The van der Waals surface area contributed by atoms with Crippen molar-refractivity contribution in [3.8, 4) is 17.4 Å². The predicted molar refractivity (Wildman–Crippen MR) is 137 cm³/mol. The third-order valence-electron chi connectivity index (χ3n) is 5.31. The SMILES string of the molecule is CCNC(=NCc1ccc(OC)nc1)N1CCN(Cc2cc(OC)ccc2OC)CC1.I. The molecule has 0 amide bonds. The Bertz CT molecular complexity index is 855. The smallest absolute Gasteiger partial charge is 0.212 e. The van der Waals surface area contributed by atoms with Gasteiger partial charge in [0.25, 0.3) is 0 Å². The monoisotopic (exact) mass is 555 g/mol. The van der Waals surface area contributed by atoms with E-state index in [0.29, 0.717) is 12.4 Å². The zero-order valence-corrected chi connectivity index (χ0v) is 21.7. The van der Waals surface area contributed by atoms with Gasteiger partial charge < -0.3 is 24.4 Å². The number of benzene rings is 1. The molecule has 2 heterocycles. The summed E-state index contributed by atoms with van der Waals surface area (Å²) in [5, 5.41) is 3.42. The van der Waals surface area contributed by atoms with Crippen LogP contribution < -0.4 is 19.5 Å². The molecular weight excluding hydrogens is 521 g/mol. The van der Waals surface area contributed by atoms with Gasteiger partial charge in [0.05, 0.1) is 27.9 Å². The first-order valence-electron chi connectivity index (χ1n) is 10.6. The minimum atomic E-state index is 0. The molecule has 0 atom stereocenters. The molecule has 176 valence electrons. The molecule has 0 spiro atoms. The van der Waals surface area contributed by atoms with Crippen molar-refractivity contribution in [1.82, 2.24) is 20.1 Å². The van der Waals surface area contributed by atoms with Crippen molar-refractivity contribution in [2.75, 3.05) is 54.1 Å². The van der Waals surface area contributed by atoms with Crippen molar-refractivity contribution in [3.05, 3.63) is 47.7 Å². The first-order valence-corrected chi connectivity index (χ1v) is 10.6. The Kier molecular flexibility index (Phi) is 10.8. The third kappa shape index (κ3) is 7.13. The number of piperazine rings is 1. The molecule has 1 fully saturated rings. The lowest BCUT2D eigenvalue weighted by Crippen LogP contribution is -2.52. The number of halogens is 1. The van der Waals surface area contributed by atoms with E-state index in [4.69, 9.17) is 19.2 Å². The van der Waals surface area contributed by atoms with Crippen LogP contribution in [0.5, 0.6) is 17.4 Å². The second-order valence-electron chi connectivity index (χ2n) is 7.32. The molecule has 32 heavy (non-hydrogen) atoms. The molecule has 1 saturated heterocycles. The van der Waals surface area contributed by atoms with Gasteiger partial charge >= 0.3 is 0 Å². The van der Waals surface area contributed by atoms with Crippen LogP contribution in [-0.4, -0.2) is 74.8 Å². The maximum Gasteiger partial charge on any atom is 0.212 e. The molecule has 1 aromatic carbocycles.